The van der Waals surface area contributed by atoms with E-state index in [0.717, 1.165) is 24.4 Å². The van der Waals surface area contributed by atoms with E-state index in [-0.39, 0.29) is 0 Å². The normalized spacial score (nSPS) is 36.4. The maximum atomic E-state index is 5.73. The molecular formula is C11H20OSi. The molecule has 1 nitrogen and oxygen atoms in total. The van der Waals surface area contributed by atoms with Gasteiger partial charge in [-0.3, -0.25) is 0 Å². The highest BCUT2D eigenvalue weighted by atomic mass is 28.3. The zero-order valence-corrected chi connectivity index (χ0v) is 9.86. The average molecular weight is 196 g/mol. The number of hydrogen-bond acceptors (Lipinski definition) is 1. The second-order valence-electron chi connectivity index (χ2n) is 4.75. The van der Waals surface area contributed by atoms with Gasteiger partial charge in [0.2, 0.25) is 0 Å². The van der Waals surface area contributed by atoms with Gasteiger partial charge in [0.25, 0.3) is 0 Å². The lowest BCUT2D eigenvalue weighted by Gasteiger charge is -2.18. The Kier molecular flexibility index (Phi) is 2.89. The lowest BCUT2D eigenvalue weighted by atomic mass is 9.91. The third kappa shape index (κ3) is 2.23. The van der Waals surface area contributed by atoms with Crippen LogP contribution in [0.3, 0.4) is 0 Å². The molecule has 0 aromatic heterocycles. The smallest absolute Gasteiger partial charge is 0.170 e. The molecule has 0 aromatic carbocycles. The minimum absolute atomic E-state index is 0.767. The topological polar surface area (TPSA) is 9.23 Å². The van der Waals surface area contributed by atoms with Gasteiger partial charge in [0, 0.05) is 6.61 Å². The zero-order chi connectivity index (χ0) is 9.26. The van der Waals surface area contributed by atoms with E-state index >= 15 is 0 Å². The molecule has 0 radical (unpaired) electrons. The van der Waals surface area contributed by atoms with Crippen LogP contribution >= 0.6 is 0 Å². The first-order valence-corrected chi connectivity index (χ1v) is 8.33. The van der Waals surface area contributed by atoms with Gasteiger partial charge in [-0.25, -0.2) is 0 Å². The molecule has 2 aliphatic carbocycles. The molecule has 3 atom stereocenters. The maximum absolute atomic E-state index is 5.73. The van der Waals surface area contributed by atoms with Crippen molar-refractivity contribution in [2.75, 3.05) is 6.61 Å². The van der Waals surface area contributed by atoms with Crippen molar-refractivity contribution in [1.29, 1.82) is 0 Å². The lowest BCUT2D eigenvalue weighted by Crippen LogP contribution is -2.14. The van der Waals surface area contributed by atoms with Crippen LogP contribution in [-0.2, 0) is 4.43 Å². The summed E-state index contributed by atoms with van der Waals surface area (Å²) in [5.74, 6) is 2.77. The van der Waals surface area contributed by atoms with E-state index in [2.05, 4.69) is 25.2 Å². The highest BCUT2D eigenvalue weighted by molar-refractivity contribution is 6.48. The molecule has 1 saturated carbocycles. The average Bonchev–Trinajstić information content (AvgIpc) is 2.64. The van der Waals surface area contributed by atoms with Crippen molar-refractivity contribution in [3.05, 3.63) is 12.2 Å². The van der Waals surface area contributed by atoms with E-state index in [9.17, 15) is 0 Å². The van der Waals surface area contributed by atoms with Crippen molar-refractivity contribution in [3.63, 3.8) is 0 Å². The van der Waals surface area contributed by atoms with Crippen LogP contribution in [0.1, 0.15) is 19.3 Å². The SMILES string of the molecule is C[SiH](C)OCCC1CC2C=CC1C2. The van der Waals surface area contributed by atoms with Crippen molar-refractivity contribution < 1.29 is 4.43 Å². The summed E-state index contributed by atoms with van der Waals surface area (Å²) in [5.41, 5.74) is 0. The van der Waals surface area contributed by atoms with Crippen LogP contribution in [0, 0.1) is 17.8 Å². The van der Waals surface area contributed by atoms with Crippen molar-refractivity contribution in [2.24, 2.45) is 17.8 Å². The monoisotopic (exact) mass is 196 g/mol. The maximum Gasteiger partial charge on any atom is 0.170 e. The molecule has 0 aromatic rings. The number of allylic oxidation sites excluding steroid dienone is 2. The van der Waals surface area contributed by atoms with E-state index in [1.165, 1.54) is 19.3 Å². The fraction of sp³-hybridized carbons (Fsp3) is 0.818. The van der Waals surface area contributed by atoms with Gasteiger partial charge >= 0.3 is 0 Å². The van der Waals surface area contributed by atoms with Crippen LogP contribution < -0.4 is 0 Å². The molecule has 13 heavy (non-hydrogen) atoms. The lowest BCUT2D eigenvalue weighted by molar-refractivity contribution is 0.267. The van der Waals surface area contributed by atoms with Crippen LogP contribution in [-0.4, -0.2) is 15.6 Å². The summed E-state index contributed by atoms with van der Waals surface area (Å²) in [6.07, 6.45) is 9.02. The zero-order valence-electron chi connectivity index (χ0n) is 8.70. The second kappa shape index (κ2) is 3.97. The fourth-order valence-electron chi connectivity index (χ4n) is 2.68. The Balaban J connectivity index is 1.69. The van der Waals surface area contributed by atoms with Gasteiger partial charge in [0.05, 0.1) is 0 Å². The molecule has 1 fully saturated rings. The van der Waals surface area contributed by atoms with E-state index < -0.39 is 9.04 Å². The van der Waals surface area contributed by atoms with Gasteiger partial charge in [0.1, 0.15) is 0 Å². The standard InChI is InChI=1S/C11H20OSi/c1-13(2)12-6-5-11-8-9-3-4-10(11)7-9/h3-4,9-11,13H,5-8H2,1-2H3. The number of hydrogen-bond donors (Lipinski definition) is 0. The van der Waals surface area contributed by atoms with E-state index in [1.807, 2.05) is 0 Å². The quantitative estimate of drug-likeness (QED) is 0.496. The Bertz CT molecular complexity index is 200. The Labute approximate surface area is 82.9 Å². The molecule has 0 saturated heterocycles. The molecule has 0 spiro atoms. The van der Waals surface area contributed by atoms with Gasteiger partial charge < -0.3 is 4.43 Å². The summed E-state index contributed by atoms with van der Waals surface area (Å²) in [6.45, 7) is 5.52. The Morgan fingerprint density at radius 2 is 2.15 bits per heavy atom. The molecule has 0 heterocycles. The van der Waals surface area contributed by atoms with Gasteiger partial charge in [0.15, 0.2) is 9.04 Å². The van der Waals surface area contributed by atoms with Crippen LogP contribution in [0.15, 0.2) is 12.2 Å². The summed E-state index contributed by atoms with van der Waals surface area (Å²) in [6, 6.07) is 0. The molecule has 74 valence electrons. The van der Waals surface area contributed by atoms with Gasteiger partial charge in [-0.15, -0.1) is 0 Å². The number of rotatable bonds is 4. The summed E-state index contributed by atoms with van der Waals surface area (Å²) < 4.78 is 5.73. The first-order chi connectivity index (χ1) is 6.25. The highest BCUT2D eigenvalue weighted by Gasteiger charge is 2.34. The van der Waals surface area contributed by atoms with Crippen LogP contribution in [0.4, 0.5) is 0 Å². The summed E-state index contributed by atoms with van der Waals surface area (Å²) in [7, 11) is -0.767. The summed E-state index contributed by atoms with van der Waals surface area (Å²) in [4.78, 5) is 0. The molecule has 2 bridgehead atoms. The van der Waals surface area contributed by atoms with Crippen molar-refractivity contribution >= 4 is 9.04 Å². The first kappa shape index (κ1) is 9.47. The number of fused-ring (bicyclic) bond motifs is 2. The Hall–Kier alpha value is -0.0831. The minimum atomic E-state index is -0.767. The molecule has 0 N–H and O–H groups in total. The molecule has 2 heteroatoms. The minimum Gasteiger partial charge on any atom is -0.421 e. The van der Waals surface area contributed by atoms with Gasteiger partial charge in [-0.1, -0.05) is 12.2 Å². The van der Waals surface area contributed by atoms with Crippen LogP contribution in [0.5, 0.6) is 0 Å². The second-order valence-corrected chi connectivity index (χ2v) is 7.18. The van der Waals surface area contributed by atoms with E-state index in [4.69, 9.17) is 4.43 Å². The Morgan fingerprint density at radius 1 is 1.31 bits per heavy atom. The van der Waals surface area contributed by atoms with Crippen molar-refractivity contribution in [1.82, 2.24) is 0 Å². The molecule has 3 unspecified atom stereocenters. The van der Waals surface area contributed by atoms with Crippen LogP contribution in [0.25, 0.3) is 0 Å². The van der Waals surface area contributed by atoms with E-state index in [0.29, 0.717) is 0 Å². The largest absolute Gasteiger partial charge is 0.421 e. The van der Waals surface area contributed by atoms with Gasteiger partial charge in [-0.05, 0) is 50.1 Å². The summed E-state index contributed by atoms with van der Waals surface area (Å²) >= 11 is 0. The predicted octanol–water partition coefficient (Wildman–Crippen LogP) is 2.59. The predicted molar refractivity (Wildman–Crippen MR) is 58.3 cm³/mol. The molecule has 2 aliphatic rings. The van der Waals surface area contributed by atoms with Gasteiger partial charge in [-0.2, -0.15) is 0 Å². The molecule has 0 amide bonds. The molecule has 2 rings (SSSR count). The molecular weight excluding hydrogens is 176 g/mol. The molecule has 0 aliphatic heterocycles. The fourth-order valence-corrected chi connectivity index (χ4v) is 3.29. The van der Waals surface area contributed by atoms with Crippen molar-refractivity contribution in [2.45, 2.75) is 32.4 Å². The van der Waals surface area contributed by atoms with Crippen molar-refractivity contribution in [3.8, 4) is 0 Å². The third-order valence-corrected chi connectivity index (χ3v) is 4.26. The van der Waals surface area contributed by atoms with Crippen LogP contribution in [0.2, 0.25) is 13.1 Å². The highest BCUT2D eigenvalue weighted by Crippen LogP contribution is 2.44. The Morgan fingerprint density at radius 3 is 2.69 bits per heavy atom. The van der Waals surface area contributed by atoms with E-state index in [1.54, 1.807) is 0 Å². The first-order valence-electron chi connectivity index (χ1n) is 5.55. The summed E-state index contributed by atoms with van der Waals surface area (Å²) in [5, 5.41) is 0. The third-order valence-electron chi connectivity index (χ3n) is 3.36.